The number of hydrogen-bond donors (Lipinski definition) is 1. The van der Waals surface area contributed by atoms with Gasteiger partial charge in [-0.1, -0.05) is 12.1 Å². The van der Waals surface area contributed by atoms with Crippen LogP contribution in [0.1, 0.15) is 64.7 Å². The first-order chi connectivity index (χ1) is 13.3. The number of aromatic carboxylic acids is 1. The summed E-state index contributed by atoms with van der Waals surface area (Å²) in [6, 6.07) is 5.12. The van der Waals surface area contributed by atoms with E-state index in [1.807, 2.05) is 0 Å². The number of halogens is 3. The average Bonchev–Trinajstić information content (AvgIpc) is 2.66. The lowest BCUT2D eigenvalue weighted by Crippen LogP contribution is -2.23. The van der Waals surface area contributed by atoms with Crippen molar-refractivity contribution in [2.75, 3.05) is 0 Å². The Morgan fingerprint density at radius 2 is 1.93 bits per heavy atom. The fourth-order valence-corrected chi connectivity index (χ4v) is 3.50. The summed E-state index contributed by atoms with van der Waals surface area (Å²) in [4.78, 5) is 19.1. The molecule has 0 amide bonds. The van der Waals surface area contributed by atoms with Gasteiger partial charge < -0.3 is 9.84 Å². The van der Waals surface area contributed by atoms with Crippen molar-refractivity contribution < 1.29 is 27.8 Å². The van der Waals surface area contributed by atoms with Crippen LogP contribution in [0.5, 0.6) is 0 Å². The third-order valence-corrected chi connectivity index (χ3v) is 5.05. The van der Waals surface area contributed by atoms with Gasteiger partial charge in [-0.2, -0.15) is 13.2 Å². The molecular formula is C20H21F3N2O3. The van der Waals surface area contributed by atoms with Gasteiger partial charge in [0.15, 0.2) is 5.69 Å². The molecule has 0 saturated carbocycles. The minimum Gasteiger partial charge on any atom is -0.477 e. The van der Waals surface area contributed by atoms with Crippen molar-refractivity contribution in [3.05, 3.63) is 58.7 Å². The van der Waals surface area contributed by atoms with Crippen molar-refractivity contribution in [2.45, 2.75) is 57.4 Å². The number of rotatable bonds is 5. The Kier molecular flexibility index (Phi) is 5.98. The van der Waals surface area contributed by atoms with E-state index in [2.05, 4.69) is 9.97 Å². The number of nitrogens with zero attached hydrogens (tertiary/aromatic N) is 2. The fourth-order valence-electron chi connectivity index (χ4n) is 3.50. The second-order valence-electron chi connectivity index (χ2n) is 6.94. The average molecular weight is 394 g/mol. The van der Waals surface area contributed by atoms with E-state index in [9.17, 15) is 18.0 Å². The highest BCUT2D eigenvalue weighted by molar-refractivity contribution is 5.87. The zero-order chi connectivity index (χ0) is 20.3. The molecule has 1 N–H and O–H groups in total. The lowest BCUT2D eigenvalue weighted by atomic mass is 9.95. The van der Waals surface area contributed by atoms with E-state index in [0.29, 0.717) is 24.1 Å². The summed E-state index contributed by atoms with van der Waals surface area (Å²) in [5, 5.41) is 9.15. The zero-order valence-electron chi connectivity index (χ0n) is 15.4. The molecule has 150 valence electrons. The molecule has 28 heavy (non-hydrogen) atoms. The molecule has 1 saturated heterocycles. The number of aryl methyl sites for hydroxylation is 1. The van der Waals surface area contributed by atoms with Gasteiger partial charge in [-0.15, -0.1) is 0 Å². The molecule has 1 aliphatic heterocycles. The van der Waals surface area contributed by atoms with E-state index < -0.39 is 17.7 Å². The van der Waals surface area contributed by atoms with E-state index >= 15 is 0 Å². The molecule has 2 aromatic rings. The smallest absolute Gasteiger partial charge is 0.416 e. The predicted octanol–water partition coefficient (Wildman–Crippen LogP) is 4.75. The lowest BCUT2D eigenvalue weighted by Gasteiger charge is -2.30. The lowest BCUT2D eigenvalue weighted by molar-refractivity contribution is -0.137. The maximum atomic E-state index is 12.7. The van der Waals surface area contributed by atoms with Crippen LogP contribution in [0.2, 0.25) is 0 Å². The Balaban J connectivity index is 1.63. The van der Waals surface area contributed by atoms with Crippen LogP contribution in [0.3, 0.4) is 0 Å². The second-order valence-corrected chi connectivity index (χ2v) is 6.94. The highest BCUT2D eigenvalue weighted by Gasteiger charge is 2.31. The van der Waals surface area contributed by atoms with Crippen LogP contribution in [-0.4, -0.2) is 27.1 Å². The topological polar surface area (TPSA) is 72.3 Å². The SMILES string of the molecule is Cc1c(CC[C@@H]2CCC[C@H](c3ccc(C(F)(F)F)cc3)O2)ncnc1C(=O)O. The maximum absolute atomic E-state index is 12.7. The van der Waals surface area contributed by atoms with Crippen LogP contribution in [0.15, 0.2) is 30.6 Å². The molecule has 1 fully saturated rings. The Morgan fingerprint density at radius 3 is 2.57 bits per heavy atom. The Morgan fingerprint density at radius 1 is 1.21 bits per heavy atom. The number of aromatic nitrogens is 2. The Hall–Kier alpha value is -2.48. The first kappa shape index (κ1) is 20.3. The summed E-state index contributed by atoms with van der Waals surface area (Å²) in [7, 11) is 0. The molecule has 0 spiro atoms. The summed E-state index contributed by atoms with van der Waals surface area (Å²) in [6.07, 6.45) is 0.361. The molecule has 1 aromatic carbocycles. The first-order valence-electron chi connectivity index (χ1n) is 9.12. The van der Waals surface area contributed by atoms with Crippen LogP contribution in [0.4, 0.5) is 13.2 Å². The molecule has 0 unspecified atom stereocenters. The quantitative estimate of drug-likeness (QED) is 0.793. The molecule has 1 aliphatic rings. The van der Waals surface area contributed by atoms with Crippen molar-refractivity contribution in [1.29, 1.82) is 0 Å². The monoisotopic (exact) mass is 394 g/mol. The minimum atomic E-state index is -4.35. The summed E-state index contributed by atoms with van der Waals surface area (Å²) < 4.78 is 44.3. The first-order valence-corrected chi connectivity index (χ1v) is 9.12. The Labute approximate surface area is 160 Å². The van der Waals surface area contributed by atoms with Crippen molar-refractivity contribution in [3.63, 3.8) is 0 Å². The van der Waals surface area contributed by atoms with Crippen molar-refractivity contribution in [3.8, 4) is 0 Å². The minimum absolute atomic E-state index is 0.00260. The summed E-state index contributed by atoms with van der Waals surface area (Å²) in [5.41, 5.74) is 1.29. The van der Waals surface area contributed by atoms with Crippen molar-refractivity contribution in [2.24, 2.45) is 0 Å². The number of carbonyl (C=O) groups is 1. The summed E-state index contributed by atoms with van der Waals surface area (Å²) in [5.74, 6) is -1.09. The molecule has 0 aliphatic carbocycles. The van der Waals surface area contributed by atoms with Gasteiger partial charge in [0.1, 0.15) is 6.33 Å². The highest BCUT2D eigenvalue weighted by atomic mass is 19.4. The number of alkyl halides is 3. The molecule has 0 radical (unpaired) electrons. The van der Waals surface area contributed by atoms with Gasteiger partial charge >= 0.3 is 12.1 Å². The van der Waals surface area contributed by atoms with Crippen LogP contribution in [0, 0.1) is 6.92 Å². The van der Waals surface area contributed by atoms with Gasteiger partial charge in [0, 0.05) is 11.3 Å². The second kappa shape index (κ2) is 8.26. The van der Waals surface area contributed by atoms with Gasteiger partial charge in [-0.3, -0.25) is 0 Å². The Bertz CT molecular complexity index is 838. The number of benzene rings is 1. The number of ether oxygens (including phenoxy) is 1. The standard InChI is InChI=1S/C20H21F3N2O3/c1-12-16(24-11-25-18(12)19(26)27)10-9-15-3-2-4-17(28-15)13-5-7-14(8-6-13)20(21,22)23/h5-8,11,15,17H,2-4,9-10H2,1H3,(H,26,27)/t15-,17+/m0/s1. The highest BCUT2D eigenvalue weighted by Crippen LogP contribution is 2.35. The molecule has 5 nitrogen and oxygen atoms in total. The number of carboxylic acids is 1. The van der Waals surface area contributed by atoms with E-state index in [0.717, 1.165) is 37.0 Å². The predicted molar refractivity (Wildman–Crippen MR) is 95.0 cm³/mol. The van der Waals surface area contributed by atoms with Gasteiger partial charge in [-0.05, 0) is 56.7 Å². The normalized spacial score (nSPS) is 20.1. The zero-order valence-corrected chi connectivity index (χ0v) is 15.4. The van der Waals surface area contributed by atoms with Gasteiger partial charge in [0.25, 0.3) is 0 Å². The van der Waals surface area contributed by atoms with E-state index in [1.165, 1.54) is 18.5 Å². The van der Waals surface area contributed by atoms with E-state index in [-0.39, 0.29) is 17.9 Å². The fraction of sp³-hybridized carbons (Fsp3) is 0.450. The summed E-state index contributed by atoms with van der Waals surface area (Å²) in [6.45, 7) is 1.69. The third kappa shape index (κ3) is 4.67. The van der Waals surface area contributed by atoms with Crippen LogP contribution in [-0.2, 0) is 17.3 Å². The third-order valence-electron chi connectivity index (χ3n) is 5.05. The van der Waals surface area contributed by atoms with Gasteiger partial charge in [0.05, 0.1) is 17.8 Å². The van der Waals surface area contributed by atoms with E-state index in [1.54, 1.807) is 6.92 Å². The number of carboxylic acid groups (broad SMARTS) is 1. The van der Waals surface area contributed by atoms with Crippen molar-refractivity contribution in [1.82, 2.24) is 9.97 Å². The largest absolute Gasteiger partial charge is 0.477 e. The molecule has 8 heteroatoms. The maximum Gasteiger partial charge on any atom is 0.416 e. The molecule has 3 rings (SSSR count). The van der Waals surface area contributed by atoms with Crippen molar-refractivity contribution >= 4 is 5.97 Å². The summed E-state index contributed by atoms with van der Waals surface area (Å²) >= 11 is 0. The molecule has 2 heterocycles. The molecule has 0 bridgehead atoms. The van der Waals surface area contributed by atoms with Gasteiger partial charge in [-0.25, -0.2) is 14.8 Å². The molecule has 2 atom stereocenters. The van der Waals surface area contributed by atoms with Crippen LogP contribution in [0.25, 0.3) is 0 Å². The van der Waals surface area contributed by atoms with Crippen LogP contribution < -0.4 is 0 Å². The molecular weight excluding hydrogens is 373 g/mol. The van der Waals surface area contributed by atoms with E-state index in [4.69, 9.17) is 9.84 Å². The van der Waals surface area contributed by atoms with Gasteiger partial charge in [0.2, 0.25) is 0 Å². The van der Waals surface area contributed by atoms with Crippen LogP contribution >= 0.6 is 0 Å². The number of hydrogen-bond acceptors (Lipinski definition) is 4. The molecule has 1 aromatic heterocycles.